The number of fused-ring (bicyclic) bond motifs is 1. The maximum Gasteiger partial charge on any atom is 0.191 e. The van der Waals surface area contributed by atoms with Gasteiger partial charge in [-0.05, 0) is 43.4 Å². The number of hydrogen-bond donors (Lipinski definition) is 4. The van der Waals surface area contributed by atoms with Gasteiger partial charge in [0, 0.05) is 35.3 Å². The van der Waals surface area contributed by atoms with E-state index in [1.807, 2.05) is 13.0 Å². The van der Waals surface area contributed by atoms with Crippen molar-refractivity contribution < 1.29 is 15.3 Å². The molecule has 6 atom stereocenters. The van der Waals surface area contributed by atoms with Crippen LogP contribution in [0.25, 0.3) is 11.2 Å². The van der Waals surface area contributed by atoms with Crippen LogP contribution in [0.15, 0.2) is 23.4 Å². The molecule has 5 rings (SSSR count). The van der Waals surface area contributed by atoms with E-state index in [2.05, 4.69) is 34.7 Å². The molecule has 2 aliphatic rings. The molecule has 0 bridgehead atoms. The Bertz CT molecular complexity index is 1190. The van der Waals surface area contributed by atoms with E-state index in [9.17, 15) is 15.3 Å². The number of benzene rings is 1. The average Bonchev–Trinajstić information content (AvgIpc) is 3.37. The second-order valence-corrected chi connectivity index (χ2v) is 10.7. The monoisotopic (exact) mass is 504 g/mol. The highest BCUT2D eigenvalue weighted by molar-refractivity contribution is 7.99. The average molecular weight is 505 g/mol. The van der Waals surface area contributed by atoms with E-state index in [-0.39, 0.29) is 12.6 Å². The predicted octanol–water partition coefficient (Wildman–Crippen LogP) is 2.93. The number of aliphatic hydroxyl groups is 3. The molecule has 0 spiro atoms. The lowest BCUT2D eigenvalue weighted by Crippen LogP contribution is -2.30. The highest BCUT2D eigenvalue weighted by atomic mass is 35.5. The van der Waals surface area contributed by atoms with Crippen LogP contribution in [-0.4, -0.2) is 70.9 Å². The summed E-state index contributed by atoms with van der Waals surface area (Å²) in [6, 6.07) is 5.84. The molecule has 4 N–H and O–H groups in total. The Labute approximate surface area is 206 Å². The lowest BCUT2D eigenvalue weighted by atomic mass is 10.1. The molecule has 34 heavy (non-hydrogen) atoms. The van der Waals surface area contributed by atoms with E-state index in [0.717, 1.165) is 29.2 Å². The molecule has 2 saturated carbocycles. The van der Waals surface area contributed by atoms with E-state index in [1.165, 1.54) is 5.56 Å². The zero-order valence-electron chi connectivity index (χ0n) is 19.1. The second kappa shape index (κ2) is 9.58. The third-order valence-electron chi connectivity index (χ3n) is 6.78. The summed E-state index contributed by atoms with van der Waals surface area (Å²) in [5, 5.41) is 44.0. The number of nitrogens with one attached hydrogen (secondary N) is 1. The Morgan fingerprint density at radius 3 is 2.74 bits per heavy atom. The Kier molecular flexibility index (Phi) is 6.69. The molecule has 2 aromatic heterocycles. The van der Waals surface area contributed by atoms with Crippen molar-refractivity contribution in [2.45, 2.75) is 68.5 Å². The molecule has 182 valence electrons. The number of thioether (sulfide) groups is 1. The first-order valence-electron chi connectivity index (χ1n) is 11.7. The summed E-state index contributed by atoms with van der Waals surface area (Å²) in [4.78, 5) is 9.43. The Morgan fingerprint density at radius 2 is 2.03 bits per heavy atom. The molecule has 0 saturated heterocycles. The van der Waals surface area contributed by atoms with Gasteiger partial charge in [0.05, 0.1) is 12.1 Å². The number of nitrogens with zero attached hydrogens (tertiary/aromatic N) is 5. The maximum absolute atomic E-state index is 10.6. The first kappa shape index (κ1) is 23.7. The van der Waals surface area contributed by atoms with Crippen LogP contribution in [-0.2, 0) is 0 Å². The van der Waals surface area contributed by atoms with Gasteiger partial charge in [-0.1, -0.05) is 47.6 Å². The van der Waals surface area contributed by atoms with Crippen molar-refractivity contribution in [1.82, 2.24) is 25.0 Å². The Morgan fingerprint density at radius 1 is 1.21 bits per heavy atom. The van der Waals surface area contributed by atoms with Crippen LogP contribution >= 0.6 is 23.4 Å². The van der Waals surface area contributed by atoms with Crippen LogP contribution < -0.4 is 5.32 Å². The minimum absolute atomic E-state index is 0.200. The van der Waals surface area contributed by atoms with E-state index in [4.69, 9.17) is 21.6 Å². The van der Waals surface area contributed by atoms with Crippen LogP contribution in [0.2, 0.25) is 5.02 Å². The van der Waals surface area contributed by atoms with Crippen molar-refractivity contribution in [3.63, 3.8) is 0 Å². The predicted molar refractivity (Wildman–Crippen MR) is 131 cm³/mol. The van der Waals surface area contributed by atoms with Crippen LogP contribution in [0, 0.1) is 12.8 Å². The molecular formula is C23H29ClN6O3S. The molecule has 11 heteroatoms. The van der Waals surface area contributed by atoms with E-state index in [0.29, 0.717) is 34.5 Å². The summed E-state index contributed by atoms with van der Waals surface area (Å²) >= 11 is 7.75. The fraction of sp³-hybridized carbons (Fsp3) is 0.565. The van der Waals surface area contributed by atoms with Crippen LogP contribution in [0.3, 0.4) is 0 Å². The molecular weight excluding hydrogens is 476 g/mol. The van der Waals surface area contributed by atoms with Gasteiger partial charge < -0.3 is 20.6 Å². The lowest BCUT2D eigenvalue weighted by molar-refractivity contribution is -0.00512. The van der Waals surface area contributed by atoms with Gasteiger partial charge in [-0.2, -0.15) is 0 Å². The van der Waals surface area contributed by atoms with Crippen LogP contribution in [0.5, 0.6) is 0 Å². The molecule has 0 radical (unpaired) electrons. The SMILES string of the molecule is CCCSc1nc(NC2CC2c2ccc(Cl)c(C)c2)c2nnn(C3CC(CO)C(O)C3O)c2n1. The molecule has 0 aliphatic heterocycles. The molecule has 9 nitrogen and oxygen atoms in total. The molecule has 0 amide bonds. The summed E-state index contributed by atoms with van der Waals surface area (Å²) in [5.74, 6) is 1.45. The van der Waals surface area contributed by atoms with Gasteiger partial charge in [-0.25, -0.2) is 14.6 Å². The van der Waals surface area contributed by atoms with Crippen molar-refractivity contribution in [2.75, 3.05) is 17.7 Å². The van der Waals surface area contributed by atoms with Crippen molar-refractivity contribution >= 4 is 40.3 Å². The van der Waals surface area contributed by atoms with Crippen molar-refractivity contribution in [2.24, 2.45) is 5.92 Å². The fourth-order valence-electron chi connectivity index (χ4n) is 4.71. The van der Waals surface area contributed by atoms with Crippen molar-refractivity contribution in [3.05, 3.63) is 34.3 Å². The molecule has 2 fully saturated rings. The largest absolute Gasteiger partial charge is 0.396 e. The van der Waals surface area contributed by atoms with Gasteiger partial charge in [0.15, 0.2) is 22.1 Å². The number of aliphatic hydroxyl groups excluding tert-OH is 3. The first-order valence-corrected chi connectivity index (χ1v) is 13.0. The maximum atomic E-state index is 10.6. The highest BCUT2D eigenvalue weighted by Gasteiger charge is 2.44. The quantitative estimate of drug-likeness (QED) is 0.270. The summed E-state index contributed by atoms with van der Waals surface area (Å²) in [6.07, 6.45) is 0.281. The topological polar surface area (TPSA) is 129 Å². The van der Waals surface area contributed by atoms with Crippen molar-refractivity contribution in [1.29, 1.82) is 0 Å². The zero-order valence-corrected chi connectivity index (χ0v) is 20.7. The van der Waals surface area contributed by atoms with Gasteiger partial charge in [0.25, 0.3) is 0 Å². The minimum atomic E-state index is -1.05. The Hall–Kier alpha value is -1.98. The zero-order chi connectivity index (χ0) is 24.0. The summed E-state index contributed by atoms with van der Waals surface area (Å²) < 4.78 is 1.58. The molecule has 2 heterocycles. The summed E-state index contributed by atoms with van der Waals surface area (Å²) in [5.41, 5.74) is 3.36. The second-order valence-electron chi connectivity index (χ2n) is 9.24. The third-order valence-corrected chi connectivity index (χ3v) is 8.26. The minimum Gasteiger partial charge on any atom is -0.396 e. The van der Waals surface area contributed by atoms with Gasteiger partial charge in [0.1, 0.15) is 6.10 Å². The summed E-state index contributed by atoms with van der Waals surface area (Å²) in [7, 11) is 0. The highest BCUT2D eigenvalue weighted by Crippen LogP contribution is 2.44. The standard InChI is InChI=1S/C23H29ClN6O3S/c1-3-6-34-23-26-21(25-16-9-14(16)12-4-5-15(24)11(2)7-12)18-22(27-23)30(29-28-18)17-8-13(10-31)19(32)20(17)33/h4-5,7,13-14,16-17,19-20,31-33H,3,6,8-10H2,1-2H3,(H,25,26,27). The summed E-state index contributed by atoms with van der Waals surface area (Å²) in [6.45, 7) is 3.91. The van der Waals surface area contributed by atoms with Crippen molar-refractivity contribution in [3.8, 4) is 0 Å². The molecule has 6 unspecified atom stereocenters. The number of aromatic nitrogens is 5. The van der Waals surface area contributed by atoms with Crippen LogP contribution in [0.1, 0.15) is 49.3 Å². The van der Waals surface area contributed by atoms with E-state index < -0.39 is 24.2 Å². The number of aryl methyl sites for hydroxylation is 1. The van der Waals surface area contributed by atoms with Gasteiger partial charge in [-0.15, -0.1) is 5.10 Å². The molecule has 1 aromatic carbocycles. The Balaban J connectivity index is 1.45. The first-order chi connectivity index (χ1) is 16.4. The van der Waals surface area contributed by atoms with Gasteiger partial charge in [-0.3, -0.25) is 0 Å². The molecule has 3 aromatic rings. The van der Waals surface area contributed by atoms with Gasteiger partial charge >= 0.3 is 0 Å². The number of halogens is 1. The number of hydrogen-bond acceptors (Lipinski definition) is 9. The smallest absolute Gasteiger partial charge is 0.191 e. The van der Waals surface area contributed by atoms with Gasteiger partial charge in [0.2, 0.25) is 0 Å². The fourth-order valence-corrected chi connectivity index (χ4v) is 5.52. The van der Waals surface area contributed by atoms with Crippen LogP contribution in [0.4, 0.5) is 5.82 Å². The van der Waals surface area contributed by atoms with E-state index >= 15 is 0 Å². The number of anilines is 1. The molecule has 2 aliphatic carbocycles. The number of rotatable bonds is 8. The normalized spacial score (nSPS) is 28.5. The third kappa shape index (κ3) is 4.37. The lowest BCUT2D eigenvalue weighted by Gasteiger charge is -2.17. The van der Waals surface area contributed by atoms with E-state index in [1.54, 1.807) is 16.4 Å².